The Morgan fingerprint density at radius 1 is 1.04 bits per heavy atom. The molecule has 0 N–H and O–H groups in total. The summed E-state index contributed by atoms with van der Waals surface area (Å²) in [6.45, 7) is 8.35. The summed E-state index contributed by atoms with van der Waals surface area (Å²) in [7, 11) is 0. The van der Waals surface area contributed by atoms with E-state index in [1.807, 2.05) is 18.2 Å². The van der Waals surface area contributed by atoms with E-state index in [-0.39, 0.29) is 18.6 Å². The average molecular weight is 387 g/mol. The van der Waals surface area contributed by atoms with Crippen LogP contribution in [0.25, 0.3) is 0 Å². The van der Waals surface area contributed by atoms with E-state index in [9.17, 15) is 9.59 Å². The lowest BCUT2D eigenvalue weighted by atomic mass is 9.59. The Hall–Kier alpha value is -2.10. The number of rotatable bonds is 9. The van der Waals surface area contributed by atoms with Crippen molar-refractivity contribution in [3.05, 3.63) is 47.5 Å². The molecule has 0 bridgehead atoms. The first-order valence-electron chi connectivity index (χ1n) is 10.5. The molecular weight excluding hydrogens is 352 g/mol. The third kappa shape index (κ3) is 4.65. The van der Waals surface area contributed by atoms with Crippen LogP contribution in [0.4, 0.5) is 0 Å². The van der Waals surface area contributed by atoms with Crippen molar-refractivity contribution in [2.24, 2.45) is 5.41 Å². The predicted octanol–water partition coefficient (Wildman–Crippen LogP) is 5.14. The lowest BCUT2D eigenvalue weighted by molar-refractivity contribution is -0.174. The molecule has 0 fully saturated rings. The minimum atomic E-state index is -1.29. The zero-order valence-electron chi connectivity index (χ0n) is 17.8. The molecule has 1 aliphatic rings. The van der Waals surface area contributed by atoms with Crippen LogP contribution in [0.15, 0.2) is 36.4 Å². The van der Waals surface area contributed by atoms with Gasteiger partial charge in [0.15, 0.2) is 5.41 Å². The molecular formula is C24H34O4. The topological polar surface area (TPSA) is 52.6 Å². The van der Waals surface area contributed by atoms with Crippen LogP contribution in [0.5, 0.6) is 0 Å². The highest BCUT2D eigenvalue weighted by atomic mass is 16.6. The summed E-state index contributed by atoms with van der Waals surface area (Å²) in [4.78, 5) is 26.0. The number of carbonyl (C=O) groups is 2. The van der Waals surface area contributed by atoms with Crippen molar-refractivity contribution in [3.63, 3.8) is 0 Å². The summed E-state index contributed by atoms with van der Waals surface area (Å²) in [6.07, 6.45) is 9.28. The van der Waals surface area contributed by atoms with E-state index in [0.29, 0.717) is 12.8 Å². The molecule has 1 aromatic rings. The maximum absolute atomic E-state index is 13.0. The molecule has 0 radical (unpaired) electrons. The number of esters is 2. The first kappa shape index (κ1) is 22.2. The van der Waals surface area contributed by atoms with Gasteiger partial charge in [-0.3, -0.25) is 9.59 Å². The van der Waals surface area contributed by atoms with Gasteiger partial charge in [-0.2, -0.15) is 0 Å². The van der Waals surface area contributed by atoms with Crippen LogP contribution >= 0.6 is 0 Å². The van der Waals surface area contributed by atoms with E-state index >= 15 is 0 Å². The molecule has 4 nitrogen and oxygen atoms in total. The van der Waals surface area contributed by atoms with Crippen molar-refractivity contribution in [1.82, 2.24) is 0 Å². The molecule has 0 saturated heterocycles. The van der Waals surface area contributed by atoms with Gasteiger partial charge in [-0.1, -0.05) is 63.1 Å². The Kier molecular flexibility index (Phi) is 7.85. The highest BCUT2D eigenvalue weighted by Crippen LogP contribution is 2.49. The SMILES string of the molecule is CCCC/C=C/CC1(C)CC(C(=O)OCC)(C(=O)OCC)Cc2ccccc21. The van der Waals surface area contributed by atoms with Crippen LogP contribution in [-0.4, -0.2) is 25.2 Å². The van der Waals surface area contributed by atoms with E-state index in [2.05, 4.69) is 32.1 Å². The van der Waals surface area contributed by atoms with Crippen LogP contribution in [0.2, 0.25) is 0 Å². The monoisotopic (exact) mass is 386 g/mol. The molecule has 0 aliphatic heterocycles. The largest absolute Gasteiger partial charge is 0.465 e. The Balaban J connectivity index is 2.45. The molecule has 1 aromatic carbocycles. The molecule has 4 heteroatoms. The van der Waals surface area contributed by atoms with E-state index in [4.69, 9.17) is 9.47 Å². The summed E-state index contributed by atoms with van der Waals surface area (Å²) in [5.74, 6) is -0.937. The molecule has 154 valence electrons. The quantitative estimate of drug-likeness (QED) is 0.255. The van der Waals surface area contributed by atoms with Crippen molar-refractivity contribution >= 4 is 11.9 Å². The highest BCUT2D eigenvalue weighted by molar-refractivity contribution is 6.01. The van der Waals surface area contributed by atoms with Crippen molar-refractivity contribution in [2.45, 2.75) is 71.6 Å². The third-order valence-corrected chi connectivity index (χ3v) is 5.64. The van der Waals surface area contributed by atoms with Gasteiger partial charge in [-0.25, -0.2) is 0 Å². The maximum atomic E-state index is 13.0. The van der Waals surface area contributed by atoms with Gasteiger partial charge in [-0.05, 0) is 56.1 Å². The Morgan fingerprint density at radius 2 is 1.68 bits per heavy atom. The second kappa shape index (κ2) is 9.90. The molecule has 28 heavy (non-hydrogen) atoms. The van der Waals surface area contributed by atoms with Crippen molar-refractivity contribution in [3.8, 4) is 0 Å². The molecule has 1 unspecified atom stereocenters. The van der Waals surface area contributed by atoms with Crippen LogP contribution in [0.3, 0.4) is 0 Å². The molecule has 1 aliphatic carbocycles. The van der Waals surface area contributed by atoms with Gasteiger partial charge in [0.2, 0.25) is 0 Å². The first-order chi connectivity index (χ1) is 13.4. The molecule has 0 spiro atoms. The van der Waals surface area contributed by atoms with Gasteiger partial charge in [0.1, 0.15) is 0 Å². The number of ether oxygens (including phenoxy) is 2. The van der Waals surface area contributed by atoms with Crippen LogP contribution in [0, 0.1) is 5.41 Å². The minimum Gasteiger partial charge on any atom is -0.465 e. The fourth-order valence-electron chi connectivity index (χ4n) is 4.29. The molecule has 1 atom stereocenters. The van der Waals surface area contributed by atoms with Crippen LogP contribution in [-0.2, 0) is 30.9 Å². The normalized spacial score (nSPS) is 20.6. The number of unbranched alkanes of at least 4 members (excludes halogenated alkanes) is 2. The standard InChI is InChI=1S/C24H34O4/c1-5-8-9-10-13-16-23(4)18-24(21(25)27-6-2,22(26)28-7-3)17-19-14-11-12-15-20(19)23/h10-15H,5-9,16-18H2,1-4H3/b13-10+. The Morgan fingerprint density at radius 3 is 2.29 bits per heavy atom. The molecule has 0 heterocycles. The zero-order chi connectivity index (χ0) is 20.6. The van der Waals surface area contributed by atoms with Gasteiger partial charge in [0.25, 0.3) is 0 Å². The second-order valence-electron chi connectivity index (χ2n) is 7.91. The van der Waals surface area contributed by atoms with Crippen molar-refractivity contribution in [1.29, 1.82) is 0 Å². The van der Waals surface area contributed by atoms with Gasteiger partial charge in [0.05, 0.1) is 13.2 Å². The maximum Gasteiger partial charge on any atom is 0.323 e. The summed E-state index contributed by atoms with van der Waals surface area (Å²) in [5.41, 5.74) is 0.613. The molecule has 0 saturated carbocycles. The first-order valence-corrected chi connectivity index (χ1v) is 10.5. The van der Waals surface area contributed by atoms with E-state index < -0.39 is 17.4 Å². The third-order valence-electron chi connectivity index (χ3n) is 5.64. The second-order valence-corrected chi connectivity index (χ2v) is 7.91. The van der Waals surface area contributed by atoms with Crippen molar-refractivity contribution in [2.75, 3.05) is 13.2 Å². The Labute approximate surface area is 169 Å². The smallest absolute Gasteiger partial charge is 0.323 e. The molecule has 0 amide bonds. The summed E-state index contributed by atoms with van der Waals surface area (Å²) < 4.78 is 10.7. The highest BCUT2D eigenvalue weighted by Gasteiger charge is 2.56. The van der Waals surface area contributed by atoms with Gasteiger partial charge < -0.3 is 9.47 Å². The van der Waals surface area contributed by atoms with E-state index in [1.165, 1.54) is 18.4 Å². The number of benzene rings is 1. The molecule has 0 aromatic heterocycles. The number of allylic oxidation sites excluding steroid dienone is 2. The van der Waals surface area contributed by atoms with Gasteiger partial charge in [0, 0.05) is 0 Å². The minimum absolute atomic E-state index is 0.245. The summed E-state index contributed by atoms with van der Waals surface area (Å²) in [6, 6.07) is 8.12. The van der Waals surface area contributed by atoms with Crippen LogP contribution < -0.4 is 0 Å². The number of fused-ring (bicyclic) bond motifs is 1. The predicted molar refractivity (Wildman–Crippen MR) is 111 cm³/mol. The summed E-state index contributed by atoms with van der Waals surface area (Å²) >= 11 is 0. The Bertz CT molecular complexity index is 688. The van der Waals surface area contributed by atoms with E-state index in [1.54, 1.807) is 13.8 Å². The summed E-state index contributed by atoms with van der Waals surface area (Å²) in [5, 5.41) is 0. The van der Waals surface area contributed by atoms with Crippen LogP contribution in [0.1, 0.15) is 70.9 Å². The number of hydrogen-bond donors (Lipinski definition) is 0. The van der Waals surface area contributed by atoms with Gasteiger partial charge >= 0.3 is 11.9 Å². The average Bonchev–Trinajstić information content (AvgIpc) is 2.68. The van der Waals surface area contributed by atoms with Gasteiger partial charge in [-0.15, -0.1) is 0 Å². The molecule has 2 rings (SSSR count). The van der Waals surface area contributed by atoms with E-state index in [0.717, 1.165) is 18.4 Å². The van der Waals surface area contributed by atoms with Crippen molar-refractivity contribution < 1.29 is 19.1 Å². The lowest BCUT2D eigenvalue weighted by Crippen LogP contribution is -2.51. The lowest BCUT2D eigenvalue weighted by Gasteiger charge is -2.44. The number of hydrogen-bond acceptors (Lipinski definition) is 4. The number of carbonyl (C=O) groups excluding carboxylic acids is 2. The zero-order valence-corrected chi connectivity index (χ0v) is 17.8. The fourth-order valence-corrected chi connectivity index (χ4v) is 4.29. The fraction of sp³-hybridized carbons (Fsp3) is 0.583.